The molecule has 4 heteroatoms. The predicted octanol–water partition coefficient (Wildman–Crippen LogP) is 5.63. The van der Waals surface area contributed by atoms with Crippen molar-refractivity contribution in [1.82, 2.24) is 0 Å². The van der Waals surface area contributed by atoms with Gasteiger partial charge in [0.1, 0.15) is 0 Å². The molecule has 0 saturated heterocycles. The van der Waals surface area contributed by atoms with Crippen LogP contribution in [0, 0.1) is 13.8 Å². The molecule has 1 rings (SSSR count). The van der Waals surface area contributed by atoms with Crippen molar-refractivity contribution in [3.05, 3.63) is 34.9 Å². The lowest BCUT2D eigenvalue weighted by Gasteiger charge is -2.19. The third kappa shape index (κ3) is 7.26. The first kappa shape index (κ1) is 18.4. The van der Waals surface area contributed by atoms with Gasteiger partial charge in [-0.1, -0.05) is 56.0 Å². The van der Waals surface area contributed by atoms with E-state index in [9.17, 15) is 4.57 Å². The number of benzene rings is 1. The van der Waals surface area contributed by atoms with E-state index in [1.165, 1.54) is 11.1 Å². The highest BCUT2D eigenvalue weighted by Gasteiger charge is 2.25. The van der Waals surface area contributed by atoms with Gasteiger partial charge >= 0.3 is 7.60 Å². The third-order valence-electron chi connectivity index (χ3n) is 3.23. The molecule has 0 saturated carbocycles. The minimum Gasteiger partial charge on any atom is -0.308 e. The molecule has 1 aromatic carbocycles. The smallest absolute Gasteiger partial charge is 0.308 e. The quantitative estimate of drug-likeness (QED) is 0.415. The van der Waals surface area contributed by atoms with Gasteiger partial charge in [-0.05, 0) is 32.3 Å². The number of rotatable bonds is 10. The molecule has 0 unspecified atom stereocenters. The summed E-state index contributed by atoms with van der Waals surface area (Å²) in [5, 5.41) is 0. The second-order valence-corrected chi connectivity index (χ2v) is 7.69. The fraction of sp³-hybridized carbons (Fsp3) is 0.647. The van der Waals surface area contributed by atoms with Crippen molar-refractivity contribution >= 4 is 7.60 Å². The zero-order valence-electron chi connectivity index (χ0n) is 13.9. The molecule has 0 amide bonds. The van der Waals surface area contributed by atoms with E-state index >= 15 is 0 Å². The van der Waals surface area contributed by atoms with Crippen LogP contribution in [0.25, 0.3) is 0 Å². The van der Waals surface area contributed by atoms with E-state index in [0.717, 1.165) is 31.2 Å². The zero-order chi connectivity index (χ0) is 15.7. The SMILES string of the molecule is CCCCOP(=O)(Cc1cc(C)cc(C)c1)OCCCC. The summed E-state index contributed by atoms with van der Waals surface area (Å²) in [6, 6.07) is 6.24. The molecule has 0 N–H and O–H groups in total. The standard InChI is InChI=1S/C17H29O3P/c1-5-7-9-19-21(18,20-10-8-6-2)14-17-12-15(3)11-16(4)13-17/h11-13H,5-10,14H2,1-4H3. The van der Waals surface area contributed by atoms with E-state index in [2.05, 4.69) is 45.9 Å². The summed E-state index contributed by atoms with van der Waals surface area (Å²) >= 11 is 0. The Morgan fingerprint density at radius 3 is 1.81 bits per heavy atom. The fourth-order valence-corrected chi connectivity index (χ4v) is 3.91. The average molecular weight is 312 g/mol. The Bertz CT molecular complexity index is 437. The van der Waals surface area contributed by atoms with Gasteiger partial charge in [0, 0.05) is 0 Å². The Balaban J connectivity index is 2.76. The molecule has 0 fully saturated rings. The number of hydrogen-bond acceptors (Lipinski definition) is 3. The Kier molecular flexibility index (Phi) is 8.24. The van der Waals surface area contributed by atoms with E-state index in [0.29, 0.717) is 19.4 Å². The zero-order valence-corrected chi connectivity index (χ0v) is 14.7. The van der Waals surface area contributed by atoms with Gasteiger partial charge in [-0.3, -0.25) is 4.57 Å². The average Bonchev–Trinajstić information content (AvgIpc) is 2.38. The first-order valence-electron chi connectivity index (χ1n) is 7.94. The molecule has 0 aliphatic rings. The Labute approximate surface area is 129 Å². The largest absolute Gasteiger partial charge is 0.335 e. The van der Waals surface area contributed by atoms with Crippen LogP contribution in [-0.2, 0) is 19.8 Å². The molecule has 0 bridgehead atoms. The number of unbranched alkanes of at least 4 members (excludes halogenated alkanes) is 2. The van der Waals surface area contributed by atoms with Crippen LogP contribution in [0.15, 0.2) is 18.2 Å². The Morgan fingerprint density at radius 2 is 1.38 bits per heavy atom. The van der Waals surface area contributed by atoms with Crippen LogP contribution in [-0.4, -0.2) is 13.2 Å². The first-order chi connectivity index (χ1) is 9.99. The molecule has 0 heterocycles. The van der Waals surface area contributed by atoms with Crippen molar-refractivity contribution < 1.29 is 13.6 Å². The van der Waals surface area contributed by atoms with Gasteiger partial charge in [-0.25, -0.2) is 0 Å². The molecule has 0 atom stereocenters. The van der Waals surface area contributed by atoms with Crippen LogP contribution < -0.4 is 0 Å². The number of hydrogen-bond donors (Lipinski definition) is 0. The van der Waals surface area contributed by atoms with Crippen LogP contribution in [0.1, 0.15) is 56.2 Å². The maximum absolute atomic E-state index is 12.9. The highest BCUT2D eigenvalue weighted by atomic mass is 31.2. The third-order valence-corrected chi connectivity index (χ3v) is 5.13. The molecule has 0 spiro atoms. The van der Waals surface area contributed by atoms with E-state index in [-0.39, 0.29) is 0 Å². The molecular formula is C17H29O3P. The summed E-state index contributed by atoms with van der Waals surface area (Å²) in [5.74, 6) is 0. The maximum Gasteiger partial charge on any atom is 0.335 e. The monoisotopic (exact) mass is 312 g/mol. The van der Waals surface area contributed by atoms with Crippen molar-refractivity contribution in [2.45, 2.75) is 59.5 Å². The predicted molar refractivity (Wildman–Crippen MR) is 88.9 cm³/mol. The molecule has 21 heavy (non-hydrogen) atoms. The molecule has 120 valence electrons. The Hall–Kier alpha value is -0.630. The van der Waals surface area contributed by atoms with Gasteiger partial charge in [0.15, 0.2) is 0 Å². The van der Waals surface area contributed by atoms with Gasteiger partial charge in [0.2, 0.25) is 0 Å². The topological polar surface area (TPSA) is 35.5 Å². The summed E-state index contributed by atoms with van der Waals surface area (Å²) in [6.07, 6.45) is 4.24. The van der Waals surface area contributed by atoms with E-state index in [4.69, 9.17) is 9.05 Å². The molecule has 0 aromatic heterocycles. The fourth-order valence-electron chi connectivity index (χ4n) is 2.21. The van der Waals surface area contributed by atoms with Crippen LogP contribution in [0.3, 0.4) is 0 Å². The normalized spacial score (nSPS) is 11.8. The lowest BCUT2D eigenvalue weighted by molar-refractivity contribution is 0.199. The molecular weight excluding hydrogens is 283 g/mol. The summed E-state index contributed by atoms with van der Waals surface area (Å²) in [6.45, 7) is 9.30. The summed E-state index contributed by atoms with van der Waals surface area (Å²) in [7, 11) is -3.04. The molecule has 1 aromatic rings. The summed E-state index contributed by atoms with van der Waals surface area (Å²) in [5.41, 5.74) is 3.39. The van der Waals surface area contributed by atoms with E-state index < -0.39 is 7.60 Å². The van der Waals surface area contributed by atoms with Crippen molar-refractivity contribution in [3.63, 3.8) is 0 Å². The second-order valence-electron chi connectivity index (χ2n) is 5.64. The van der Waals surface area contributed by atoms with E-state index in [1.54, 1.807) is 0 Å². The summed E-state index contributed by atoms with van der Waals surface area (Å²) < 4.78 is 24.2. The van der Waals surface area contributed by atoms with Gasteiger partial charge in [-0.2, -0.15) is 0 Å². The van der Waals surface area contributed by atoms with Crippen molar-refractivity contribution in [2.24, 2.45) is 0 Å². The van der Waals surface area contributed by atoms with Crippen LogP contribution in [0.5, 0.6) is 0 Å². The highest BCUT2D eigenvalue weighted by Crippen LogP contribution is 2.51. The lowest BCUT2D eigenvalue weighted by Crippen LogP contribution is -2.02. The van der Waals surface area contributed by atoms with Gasteiger partial charge in [0.05, 0.1) is 19.4 Å². The molecule has 0 aliphatic carbocycles. The van der Waals surface area contributed by atoms with Gasteiger partial charge < -0.3 is 9.05 Å². The van der Waals surface area contributed by atoms with Gasteiger partial charge in [-0.15, -0.1) is 0 Å². The van der Waals surface area contributed by atoms with Crippen LogP contribution >= 0.6 is 7.60 Å². The van der Waals surface area contributed by atoms with Crippen LogP contribution in [0.2, 0.25) is 0 Å². The van der Waals surface area contributed by atoms with Gasteiger partial charge in [0.25, 0.3) is 0 Å². The maximum atomic E-state index is 12.9. The molecule has 0 aliphatic heterocycles. The van der Waals surface area contributed by atoms with Crippen molar-refractivity contribution in [3.8, 4) is 0 Å². The highest BCUT2D eigenvalue weighted by molar-refractivity contribution is 7.53. The first-order valence-corrected chi connectivity index (χ1v) is 9.67. The van der Waals surface area contributed by atoms with Crippen LogP contribution in [0.4, 0.5) is 0 Å². The summed E-state index contributed by atoms with van der Waals surface area (Å²) in [4.78, 5) is 0. The lowest BCUT2D eigenvalue weighted by atomic mass is 10.1. The molecule has 3 nitrogen and oxygen atoms in total. The Morgan fingerprint density at radius 1 is 0.905 bits per heavy atom. The second kappa shape index (κ2) is 9.40. The van der Waals surface area contributed by atoms with Crippen molar-refractivity contribution in [1.29, 1.82) is 0 Å². The number of aryl methyl sites for hydroxylation is 2. The van der Waals surface area contributed by atoms with Crippen molar-refractivity contribution in [2.75, 3.05) is 13.2 Å². The van der Waals surface area contributed by atoms with E-state index in [1.807, 2.05) is 0 Å². The molecule has 0 radical (unpaired) electrons. The minimum absolute atomic E-state index is 0.364. The minimum atomic E-state index is -3.04.